The molecule has 1 N–H and O–H groups in total. The molecule has 1 amide bonds. The van der Waals surface area contributed by atoms with Gasteiger partial charge in [0.2, 0.25) is 5.91 Å². The molecule has 1 aromatic rings. The molecule has 7 nitrogen and oxygen atoms in total. The molecule has 0 spiro atoms. The minimum atomic E-state index is -0.971. The monoisotopic (exact) mass is 334 g/mol. The molecule has 0 atom stereocenters. The largest absolute Gasteiger partial charge is 0.480 e. The summed E-state index contributed by atoms with van der Waals surface area (Å²) < 4.78 is 0. The van der Waals surface area contributed by atoms with Crippen LogP contribution in [0.2, 0.25) is 0 Å². The fourth-order valence-corrected chi connectivity index (χ4v) is 2.84. The van der Waals surface area contributed by atoms with Crippen molar-refractivity contribution in [3.8, 4) is 0 Å². The predicted molar refractivity (Wildman–Crippen MR) is 92.0 cm³/mol. The highest BCUT2D eigenvalue weighted by Gasteiger charge is 2.22. The van der Waals surface area contributed by atoms with Crippen LogP contribution in [0, 0.1) is 0 Å². The van der Waals surface area contributed by atoms with Crippen molar-refractivity contribution in [1.82, 2.24) is 14.8 Å². The minimum Gasteiger partial charge on any atom is -0.480 e. The third-order valence-electron chi connectivity index (χ3n) is 4.24. The molecule has 0 radical (unpaired) electrons. The lowest BCUT2D eigenvalue weighted by atomic mass is 10.2. The predicted octanol–water partition coefficient (Wildman–Crippen LogP) is 0.915. The highest BCUT2D eigenvalue weighted by atomic mass is 16.4. The normalized spacial score (nSPS) is 15.5. The van der Waals surface area contributed by atoms with Crippen molar-refractivity contribution in [2.75, 3.05) is 44.2 Å². The summed E-state index contributed by atoms with van der Waals surface area (Å²) in [4.78, 5) is 33.4. The van der Waals surface area contributed by atoms with Gasteiger partial charge in [0, 0.05) is 51.4 Å². The Bertz CT molecular complexity index is 542. The summed E-state index contributed by atoms with van der Waals surface area (Å²) in [5.41, 5.74) is 0. The number of aliphatic carboxylic acids is 1. The zero-order chi connectivity index (χ0) is 17.5. The van der Waals surface area contributed by atoms with Crippen LogP contribution in [0.15, 0.2) is 24.4 Å². The molecule has 0 saturated carbocycles. The van der Waals surface area contributed by atoms with E-state index in [1.165, 1.54) is 4.90 Å². The molecule has 7 heteroatoms. The van der Waals surface area contributed by atoms with Crippen LogP contribution in [-0.4, -0.2) is 77.1 Å². The standard InChI is InChI=1S/C17H26N4O3/c1-14(2)21(13-17(23)24)16(22)6-8-19-9-11-20(12-10-19)15-5-3-4-7-18-15/h3-5,7,14H,6,8-13H2,1-2H3,(H,23,24). The number of carbonyl (C=O) groups is 2. The first-order valence-corrected chi connectivity index (χ1v) is 8.37. The van der Waals surface area contributed by atoms with E-state index < -0.39 is 5.97 Å². The summed E-state index contributed by atoms with van der Waals surface area (Å²) in [5.74, 6) is -0.0822. The van der Waals surface area contributed by atoms with Crippen LogP contribution in [0.1, 0.15) is 20.3 Å². The average molecular weight is 334 g/mol. The number of amides is 1. The minimum absolute atomic E-state index is 0.0976. The molecule has 2 heterocycles. The van der Waals surface area contributed by atoms with Gasteiger partial charge in [-0.3, -0.25) is 14.5 Å². The van der Waals surface area contributed by atoms with E-state index in [1.54, 1.807) is 6.20 Å². The number of hydrogen-bond donors (Lipinski definition) is 1. The number of nitrogens with zero attached hydrogens (tertiary/aromatic N) is 4. The van der Waals surface area contributed by atoms with Crippen LogP contribution in [0.25, 0.3) is 0 Å². The molecule has 1 saturated heterocycles. The number of carboxylic acid groups (broad SMARTS) is 1. The highest BCUT2D eigenvalue weighted by Crippen LogP contribution is 2.13. The molecule has 1 aliphatic heterocycles. The average Bonchev–Trinajstić information content (AvgIpc) is 2.58. The van der Waals surface area contributed by atoms with Crippen molar-refractivity contribution >= 4 is 17.7 Å². The SMILES string of the molecule is CC(C)N(CC(=O)O)C(=O)CCN1CCN(c2ccccn2)CC1. The molecule has 1 fully saturated rings. The quantitative estimate of drug-likeness (QED) is 0.799. The fourth-order valence-electron chi connectivity index (χ4n) is 2.84. The summed E-state index contributed by atoms with van der Waals surface area (Å²) in [7, 11) is 0. The van der Waals surface area contributed by atoms with Gasteiger partial charge in [-0.15, -0.1) is 0 Å². The second-order valence-electron chi connectivity index (χ2n) is 6.28. The van der Waals surface area contributed by atoms with Gasteiger partial charge in [-0.05, 0) is 26.0 Å². The first kappa shape index (κ1) is 18.2. The van der Waals surface area contributed by atoms with Crippen molar-refractivity contribution in [3.63, 3.8) is 0 Å². The Hall–Kier alpha value is -2.15. The second-order valence-corrected chi connectivity index (χ2v) is 6.28. The molecule has 24 heavy (non-hydrogen) atoms. The summed E-state index contributed by atoms with van der Waals surface area (Å²) in [6.07, 6.45) is 2.15. The fraction of sp³-hybridized carbons (Fsp3) is 0.588. The second kappa shape index (κ2) is 8.63. The van der Waals surface area contributed by atoms with Crippen LogP contribution >= 0.6 is 0 Å². The number of anilines is 1. The van der Waals surface area contributed by atoms with Gasteiger partial charge < -0.3 is 14.9 Å². The van der Waals surface area contributed by atoms with Gasteiger partial charge in [0.15, 0.2) is 0 Å². The summed E-state index contributed by atoms with van der Waals surface area (Å²) in [6, 6.07) is 5.79. The van der Waals surface area contributed by atoms with Gasteiger partial charge >= 0.3 is 5.97 Å². The number of piperazine rings is 1. The van der Waals surface area contributed by atoms with Gasteiger partial charge in [-0.25, -0.2) is 4.98 Å². The number of carbonyl (C=O) groups excluding carboxylic acids is 1. The molecular weight excluding hydrogens is 308 g/mol. The Morgan fingerprint density at radius 1 is 1.25 bits per heavy atom. The Kier molecular flexibility index (Phi) is 6.54. The van der Waals surface area contributed by atoms with Crippen molar-refractivity contribution in [1.29, 1.82) is 0 Å². The molecule has 1 aliphatic rings. The van der Waals surface area contributed by atoms with Crippen LogP contribution in [0.3, 0.4) is 0 Å². The van der Waals surface area contributed by atoms with Crippen molar-refractivity contribution in [3.05, 3.63) is 24.4 Å². The maximum absolute atomic E-state index is 12.3. The van der Waals surface area contributed by atoms with E-state index in [2.05, 4.69) is 14.8 Å². The zero-order valence-corrected chi connectivity index (χ0v) is 14.4. The molecule has 0 aromatic carbocycles. The van der Waals surface area contributed by atoms with Crippen LogP contribution in [0.4, 0.5) is 5.82 Å². The van der Waals surface area contributed by atoms with Gasteiger partial charge in [0.1, 0.15) is 12.4 Å². The van der Waals surface area contributed by atoms with Crippen LogP contribution in [-0.2, 0) is 9.59 Å². The number of rotatable bonds is 7. The van der Waals surface area contributed by atoms with E-state index in [1.807, 2.05) is 32.0 Å². The number of carboxylic acids is 1. The molecule has 1 aromatic heterocycles. The van der Waals surface area contributed by atoms with Gasteiger partial charge in [-0.1, -0.05) is 6.07 Å². The number of aromatic nitrogens is 1. The Morgan fingerprint density at radius 3 is 2.50 bits per heavy atom. The molecule has 2 rings (SSSR count). The van der Waals surface area contributed by atoms with Crippen LogP contribution in [0.5, 0.6) is 0 Å². The maximum atomic E-state index is 12.3. The summed E-state index contributed by atoms with van der Waals surface area (Å²) in [6.45, 7) is 7.64. The topological polar surface area (TPSA) is 77.0 Å². The van der Waals surface area contributed by atoms with Crippen LogP contribution < -0.4 is 4.90 Å². The number of pyridine rings is 1. The lowest BCUT2D eigenvalue weighted by Crippen LogP contribution is -2.48. The van der Waals surface area contributed by atoms with Crippen molar-refractivity contribution in [2.45, 2.75) is 26.3 Å². The smallest absolute Gasteiger partial charge is 0.323 e. The Balaban J connectivity index is 1.77. The third kappa shape index (κ3) is 5.19. The molecule has 132 valence electrons. The lowest BCUT2D eigenvalue weighted by molar-refractivity contribution is -0.145. The summed E-state index contributed by atoms with van der Waals surface area (Å²) >= 11 is 0. The molecule has 0 aliphatic carbocycles. The van der Waals surface area contributed by atoms with E-state index in [4.69, 9.17) is 5.11 Å². The maximum Gasteiger partial charge on any atom is 0.323 e. The van der Waals surface area contributed by atoms with E-state index in [0.29, 0.717) is 13.0 Å². The Labute approximate surface area is 142 Å². The Morgan fingerprint density at radius 2 is 1.96 bits per heavy atom. The van der Waals surface area contributed by atoms with E-state index in [9.17, 15) is 9.59 Å². The first-order chi connectivity index (χ1) is 11.5. The molecule has 0 unspecified atom stereocenters. The first-order valence-electron chi connectivity index (χ1n) is 8.37. The molecule has 0 bridgehead atoms. The highest BCUT2D eigenvalue weighted by molar-refractivity contribution is 5.81. The number of hydrogen-bond acceptors (Lipinski definition) is 5. The van der Waals surface area contributed by atoms with E-state index in [-0.39, 0.29) is 18.5 Å². The van der Waals surface area contributed by atoms with E-state index >= 15 is 0 Å². The van der Waals surface area contributed by atoms with Gasteiger partial charge in [-0.2, -0.15) is 0 Å². The van der Waals surface area contributed by atoms with Crippen molar-refractivity contribution in [2.24, 2.45) is 0 Å². The summed E-state index contributed by atoms with van der Waals surface area (Å²) in [5, 5.41) is 8.92. The van der Waals surface area contributed by atoms with Gasteiger partial charge in [0.05, 0.1) is 0 Å². The zero-order valence-electron chi connectivity index (χ0n) is 14.4. The van der Waals surface area contributed by atoms with E-state index in [0.717, 1.165) is 32.0 Å². The third-order valence-corrected chi connectivity index (χ3v) is 4.24. The van der Waals surface area contributed by atoms with Crippen molar-refractivity contribution < 1.29 is 14.7 Å². The van der Waals surface area contributed by atoms with Gasteiger partial charge in [0.25, 0.3) is 0 Å². The lowest BCUT2D eigenvalue weighted by Gasteiger charge is -2.35. The molecular formula is C17H26N4O3.